The van der Waals surface area contributed by atoms with Crippen LogP contribution in [0.3, 0.4) is 0 Å². The largest absolute Gasteiger partial charge is 0.456 e. The number of fused-ring (bicyclic) bond motifs is 6. The first-order chi connectivity index (χ1) is 31.2. The number of benzene rings is 10. The second-order valence-electron chi connectivity index (χ2n) is 16.1. The van der Waals surface area contributed by atoms with E-state index >= 15 is 0 Å². The van der Waals surface area contributed by atoms with E-state index in [0.717, 1.165) is 61.4 Å². The van der Waals surface area contributed by atoms with Gasteiger partial charge in [-0.25, -0.2) is 0 Å². The number of hydrogen-bond acceptors (Lipinski definition) is 2. The predicted molar refractivity (Wildman–Crippen MR) is 264 cm³/mol. The molecule has 10 aromatic carbocycles. The monoisotopic (exact) mass is 804 g/mol. The lowest BCUT2D eigenvalue weighted by Crippen LogP contribution is -2.10. The van der Waals surface area contributed by atoms with Crippen molar-refractivity contribution in [2.45, 2.75) is 0 Å². The fraction of sp³-hybridized carbons (Fsp3) is 0. The molecule has 0 fully saturated rings. The first-order valence-corrected chi connectivity index (χ1v) is 21.5. The molecule has 0 bridgehead atoms. The van der Waals surface area contributed by atoms with Crippen LogP contribution in [0.2, 0.25) is 0 Å². The highest BCUT2D eigenvalue weighted by molar-refractivity contribution is 6.12. The van der Waals surface area contributed by atoms with E-state index in [9.17, 15) is 0 Å². The van der Waals surface area contributed by atoms with Crippen LogP contribution in [0.4, 0.5) is 17.1 Å². The Kier molecular flexibility index (Phi) is 8.83. The molecule has 2 heterocycles. The van der Waals surface area contributed by atoms with Gasteiger partial charge in [-0.15, -0.1) is 0 Å². The van der Waals surface area contributed by atoms with Gasteiger partial charge in [0.05, 0.1) is 11.0 Å². The Morgan fingerprint density at radius 3 is 1.41 bits per heavy atom. The van der Waals surface area contributed by atoms with Crippen LogP contribution in [0.1, 0.15) is 0 Å². The van der Waals surface area contributed by atoms with E-state index in [4.69, 9.17) is 4.42 Å². The average molecular weight is 805 g/mol. The molecule has 0 aliphatic heterocycles. The average Bonchev–Trinajstić information content (AvgIpc) is 3.91. The number of hydrogen-bond donors (Lipinski definition) is 0. The van der Waals surface area contributed by atoms with Gasteiger partial charge in [-0.05, 0) is 117 Å². The summed E-state index contributed by atoms with van der Waals surface area (Å²) in [4.78, 5) is 2.35. The zero-order valence-electron chi connectivity index (χ0n) is 34.4. The Balaban J connectivity index is 0.886. The van der Waals surface area contributed by atoms with Crippen molar-refractivity contribution in [1.82, 2.24) is 4.57 Å². The molecule has 12 rings (SSSR count). The van der Waals surface area contributed by atoms with Gasteiger partial charge in [0.1, 0.15) is 11.2 Å². The van der Waals surface area contributed by atoms with Gasteiger partial charge in [0.25, 0.3) is 0 Å². The van der Waals surface area contributed by atoms with Crippen molar-refractivity contribution in [3.63, 3.8) is 0 Å². The molecule has 3 nitrogen and oxygen atoms in total. The molecular formula is C60H40N2O. The molecule has 63 heavy (non-hydrogen) atoms. The van der Waals surface area contributed by atoms with Crippen molar-refractivity contribution in [3.05, 3.63) is 243 Å². The summed E-state index contributed by atoms with van der Waals surface area (Å²) in [6.45, 7) is 0. The Morgan fingerprint density at radius 1 is 0.302 bits per heavy atom. The van der Waals surface area contributed by atoms with Crippen molar-refractivity contribution < 1.29 is 4.42 Å². The summed E-state index contributed by atoms with van der Waals surface area (Å²) in [6.07, 6.45) is 0. The van der Waals surface area contributed by atoms with Crippen LogP contribution >= 0.6 is 0 Å². The second kappa shape index (κ2) is 15.3. The summed E-state index contributed by atoms with van der Waals surface area (Å²) in [5, 5.41) is 4.82. The summed E-state index contributed by atoms with van der Waals surface area (Å²) in [7, 11) is 0. The molecule has 0 saturated heterocycles. The molecular weight excluding hydrogens is 765 g/mol. The lowest BCUT2D eigenvalue weighted by Gasteiger charge is -2.26. The molecule has 0 N–H and O–H groups in total. The SMILES string of the molecule is c1ccc(-c2ccc(N(c3ccc(-c4ccc(-n5c6ccccc6c6ccccc65)cc4)cc3)c3cccc(-c4ccc(-c5cccc6oc7ccccc7c56)cc4)c3)cc2)cc1. The quantitative estimate of drug-likeness (QED) is 0.153. The fourth-order valence-corrected chi connectivity index (χ4v) is 9.37. The standard InChI is InChI=1S/C60H40N2O/c1-2-12-41(13-3-1)42-28-34-48(35-29-42)61(49-36-30-43(31-37-49)44-32-38-50(39-33-44)62-56-20-7-4-16-53(56)54-17-5-8-21-57(54)62)51-15-10-14-47(40-51)45-24-26-46(27-25-45)52-19-11-23-59-60(52)55-18-6-9-22-58(55)63-59/h1-40H. The number of aromatic nitrogens is 1. The normalized spacial score (nSPS) is 11.5. The van der Waals surface area contributed by atoms with Gasteiger partial charge in [0, 0.05) is 44.3 Å². The van der Waals surface area contributed by atoms with Crippen LogP contribution in [-0.2, 0) is 0 Å². The van der Waals surface area contributed by atoms with E-state index in [0.29, 0.717) is 0 Å². The third-order valence-corrected chi connectivity index (χ3v) is 12.4. The summed E-state index contributed by atoms with van der Waals surface area (Å²) >= 11 is 0. The Bertz CT molecular complexity index is 3530. The van der Waals surface area contributed by atoms with E-state index in [1.54, 1.807) is 0 Å². The fourth-order valence-electron chi connectivity index (χ4n) is 9.37. The molecule has 0 aliphatic carbocycles. The summed E-state index contributed by atoms with van der Waals surface area (Å²) in [5.74, 6) is 0. The van der Waals surface area contributed by atoms with Crippen LogP contribution in [-0.4, -0.2) is 4.57 Å². The number of rotatable bonds is 8. The predicted octanol–water partition coefficient (Wildman–Crippen LogP) is 16.8. The number of furan rings is 1. The minimum absolute atomic E-state index is 0.906. The highest BCUT2D eigenvalue weighted by Gasteiger charge is 2.17. The van der Waals surface area contributed by atoms with Crippen molar-refractivity contribution in [1.29, 1.82) is 0 Å². The van der Waals surface area contributed by atoms with E-state index < -0.39 is 0 Å². The van der Waals surface area contributed by atoms with Crippen molar-refractivity contribution in [2.75, 3.05) is 4.90 Å². The molecule has 296 valence electrons. The molecule has 0 atom stereocenters. The van der Waals surface area contributed by atoms with Crippen molar-refractivity contribution in [2.24, 2.45) is 0 Å². The summed E-state index contributed by atoms with van der Waals surface area (Å²) < 4.78 is 8.57. The Hall–Kier alpha value is -8.40. The molecule has 0 unspecified atom stereocenters. The molecule has 0 spiro atoms. The third kappa shape index (κ3) is 6.46. The molecule has 2 aromatic heterocycles. The van der Waals surface area contributed by atoms with E-state index in [-0.39, 0.29) is 0 Å². The lowest BCUT2D eigenvalue weighted by atomic mass is 9.96. The minimum atomic E-state index is 0.906. The van der Waals surface area contributed by atoms with Gasteiger partial charge in [-0.2, -0.15) is 0 Å². The van der Waals surface area contributed by atoms with Crippen molar-refractivity contribution in [3.8, 4) is 50.2 Å². The third-order valence-electron chi connectivity index (χ3n) is 12.4. The molecule has 0 radical (unpaired) electrons. The lowest BCUT2D eigenvalue weighted by molar-refractivity contribution is 0.669. The van der Waals surface area contributed by atoms with E-state index in [1.165, 1.54) is 49.6 Å². The summed E-state index contributed by atoms with van der Waals surface area (Å²) in [5.41, 5.74) is 18.0. The van der Waals surface area contributed by atoms with Crippen LogP contribution in [0, 0.1) is 0 Å². The molecule has 0 aliphatic rings. The second-order valence-corrected chi connectivity index (χ2v) is 16.1. The first-order valence-electron chi connectivity index (χ1n) is 21.5. The topological polar surface area (TPSA) is 21.3 Å². The minimum Gasteiger partial charge on any atom is -0.456 e. The van der Waals surface area contributed by atoms with E-state index in [1.807, 2.05) is 12.1 Å². The van der Waals surface area contributed by atoms with Crippen LogP contribution in [0.25, 0.3) is 93.9 Å². The molecule has 3 heteroatoms. The molecule has 0 saturated carbocycles. The number of para-hydroxylation sites is 3. The maximum absolute atomic E-state index is 6.21. The van der Waals surface area contributed by atoms with Gasteiger partial charge in [-0.3, -0.25) is 0 Å². The highest BCUT2D eigenvalue weighted by Crippen LogP contribution is 2.41. The van der Waals surface area contributed by atoms with Gasteiger partial charge >= 0.3 is 0 Å². The van der Waals surface area contributed by atoms with Gasteiger partial charge in [0.15, 0.2) is 0 Å². The van der Waals surface area contributed by atoms with Crippen molar-refractivity contribution >= 4 is 60.8 Å². The van der Waals surface area contributed by atoms with Crippen LogP contribution in [0.15, 0.2) is 247 Å². The Morgan fingerprint density at radius 2 is 0.762 bits per heavy atom. The summed E-state index contributed by atoms with van der Waals surface area (Å²) in [6, 6.07) is 87.1. The van der Waals surface area contributed by atoms with Gasteiger partial charge < -0.3 is 13.9 Å². The smallest absolute Gasteiger partial charge is 0.136 e. The maximum Gasteiger partial charge on any atom is 0.136 e. The number of nitrogens with zero attached hydrogens (tertiary/aromatic N) is 2. The molecule has 0 amide bonds. The molecule has 12 aromatic rings. The van der Waals surface area contributed by atoms with Crippen LogP contribution < -0.4 is 4.90 Å². The van der Waals surface area contributed by atoms with Crippen LogP contribution in [0.5, 0.6) is 0 Å². The number of anilines is 3. The van der Waals surface area contributed by atoms with Gasteiger partial charge in [-0.1, -0.05) is 170 Å². The zero-order valence-corrected chi connectivity index (χ0v) is 34.4. The maximum atomic E-state index is 6.21. The first kappa shape index (κ1) is 36.5. The zero-order chi connectivity index (χ0) is 41.7. The van der Waals surface area contributed by atoms with Gasteiger partial charge in [0.2, 0.25) is 0 Å². The Labute approximate surface area is 366 Å². The highest BCUT2D eigenvalue weighted by atomic mass is 16.3. The van der Waals surface area contributed by atoms with E-state index in [2.05, 4.69) is 240 Å².